The zero-order chi connectivity index (χ0) is 64.3. The molecule has 0 bridgehead atoms. The molecule has 0 aliphatic rings. The molecule has 0 rings (SSSR count). The highest BCUT2D eigenvalue weighted by Crippen LogP contribution is 2.45. The van der Waals surface area contributed by atoms with Gasteiger partial charge in [0.05, 0.1) is 26.4 Å². The quantitative estimate of drug-likeness (QED) is 0.0222. The zero-order valence-corrected chi connectivity index (χ0v) is 58.1. The molecule has 516 valence electrons. The standard InChI is InChI=1S/C68H132O17P2/c1-7-9-11-13-15-17-19-21-26-32-38-44-50-65(70)78-56-63(84-68(73)53-47-41-34-28-24-23-25-30-36-42-48-60(3)4)58-82-86(74,75)80-54-62(69)55-81-87(76,77)83-59-64(57-79-66(71)51-45-39-35-29-31-37-43-49-61(5)6)85-67(72)52-46-40-33-27-22-20-18-16-14-12-10-8-2/h60-64,69H,7-59H2,1-6H3,(H,74,75)(H,76,77)/t62-,63-,64-/m1/s1. The summed E-state index contributed by atoms with van der Waals surface area (Å²) in [6, 6.07) is 0. The van der Waals surface area contributed by atoms with E-state index >= 15 is 0 Å². The molecule has 19 heteroatoms. The normalized spacial score (nSPS) is 14.2. The minimum Gasteiger partial charge on any atom is -0.462 e. The minimum atomic E-state index is -4.95. The van der Waals surface area contributed by atoms with Crippen LogP contribution in [-0.4, -0.2) is 96.7 Å². The third kappa shape index (κ3) is 62.6. The first-order valence-electron chi connectivity index (χ1n) is 35.5. The van der Waals surface area contributed by atoms with Gasteiger partial charge in [-0.25, -0.2) is 9.13 Å². The second kappa shape index (κ2) is 60.3. The summed E-state index contributed by atoms with van der Waals surface area (Å²) in [7, 11) is -9.89. The third-order valence-corrected chi connectivity index (χ3v) is 17.6. The maximum atomic E-state index is 13.0. The first-order chi connectivity index (χ1) is 41.9. The van der Waals surface area contributed by atoms with Crippen molar-refractivity contribution in [3.05, 3.63) is 0 Å². The van der Waals surface area contributed by atoms with Gasteiger partial charge in [0, 0.05) is 25.7 Å². The molecule has 0 fully saturated rings. The topological polar surface area (TPSA) is 237 Å². The largest absolute Gasteiger partial charge is 0.472 e. The Kier molecular flexibility index (Phi) is 59.0. The van der Waals surface area contributed by atoms with Crippen LogP contribution in [0.15, 0.2) is 0 Å². The number of aliphatic hydroxyl groups excluding tert-OH is 1. The Bertz CT molecular complexity index is 1700. The maximum absolute atomic E-state index is 13.0. The summed E-state index contributed by atoms with van der Waals surface area (Å²) in [4.78, 5) is 72.4. The minimum absolute atomic E-state index is 0.106. The van der Waals surface area contributed by atoms with Crippen LogP contribution in [0.1, 0.15) is 343 Å². The molecule has 0 heterocycles. The molecule has 0 aromatic carbocycles. The number of hydrogen-bond donors (Lipinski definition) is 3. The van der Waals surface area contributed by atoms with Gasteiger partial charge >= 0.3 is 39.5 Å². The Hall–Kier alpha value is -1.94. The van der Waals surface area contributed by atoms with Gasteiger partial charge in [-0.1, -0.05) is 292 Å². The molecule has 0 saturated carbocycles. The first-order valence-corrected chi connectivity index (χ1v) is 38.5. The molecule has 0 aliphatic carbocycles. The molecule has 0 aliphatic heterocycles. The predicted molar refractivity (Wildman–Crippen MR) is 349 cm³/mol. The van der Waals surface area contributed by atoms with Crippen molar-refractivity contribution in [1.29, 1.82) is 0 Å². The summed E-state index contributed by atoms with van der Waals surface area (Å²) in [5.74, 6) is -0.669. The molecule has 17 nitrogen and oxygen atoms in total. The molecular formula is C68H132O17P2. The highest BCUT2D eigenvalue weighted by atomic mass is 31.2. The molecule has 3 N–H and O–H groups in total. The lowest BCUT2D eigenvalue weighted by molar-refractivity contribution is -0.161. The van der Waals surface area contributed by atoms with E-state index in [0.29, 0.717) is 31.6 Å². The van der Waals surface area contributed by atoms with Gasteiger partial charge in [0.2, 0.25) is 0 Å². The lowest BCUT2D eigenvalue weighted by Crippen LogP contribution is -2.30. The number of rotatable bonds is 67. The van der Waals surface area contributed by atoms with Crippen LogP contribution in [0.5, 0.6) is 0 Å². The van der Waals surface area contributed by atoms with Crippen molar-refractivity contribution in [1.82, 2.24) is 0 Å². The first kappa shape index (κ1) is 85.1. The van der Waals surface area contributed by atoms with E-state index in [2.05, 4.69) is 41.5 Å². The predicted octanol–water partition coefficient (Wildman–Crippen LogP) is 19.2. The van der Waals surface area contributed by atoms with Crippen LogP contribution in [0.25, 0.3) is 0 Å². The Morgan fingerprint density at radius 2 is 0.529 bits per heavy atom. The van der Waals surface area contributed by atoms with Gasteiger partial charge < -0.3 is 33.8 Å². The van der Waals surface area contributed by atoms with Crippen molar-refractivity contribution in [3.63, 3.8) is 0 Å². The number of phosphoric acid groups is 2. The second-order valence-electron chi connectivity index (χ2n) is 25.5. The maximum Gasteiger partial charge on any atom is 0.472 e. The average Bonchev–Trinajstić information content (AvgIpc) is 3.67. The van der Waals surface area contributed by atoms with Gasteiger partial charge in [-0.2, -0.15) is 0 Å². The highest BCUT2D eigenvalue weighted by molar-refractivity contribution is 7.47. The number of esters is 4. The SMILES string of the molecule is CCCCCCCCCCCCCCC(=O)OC[C@H](COP(=O)(O)OC[C@@H](O)COP(=O)(O)OC[C@@H](COC(=O)CCCCCCCCCC(C)C)OC(=O)CCCCCCCCCCCCCC)OC(=O)CCCCCCCCCCCCC(C)C. The van der Waals surface area contributed by atoms with E-state index in [0.717, 1.165) is 102 Å². The van der Waals surface area contributed by atoms with E-state index in [1.54, 1.807) is 0 Å². The van der Waals surface area contributed by atoms with E-state index in [9.17, 15) is 43.2 Å². The molecular weight excluding hydrogens is 1150 g/mol. The van der Waals surface area contributed by atoms with E-state index in [-0.39, 0.29) is 25.7 Å². The van der Waals surface area contributed by atoms with Crippen molar-refractivity contribution in [2.24, 2.45) is 11.8 Å². The average molecular weight is 1280 g/mol. The molecule has 2 unspecified atom stereocenters. The smallest absolute Gasteiger partial charge is 0.462 e. The van der Waals surface area contributed by atoms with E-state index in [1.807, 2.05) is 0 Å². The van der Waals surface area contributed by atoms with Crippen molar-refractivity contribution in [2.75, 3.05) is 39.6 Å². The van der Waals surface area contributed by atoms with E-state index < -0.39 is 97.5 Å². The van der Waals surface area contributed by atoms with Gasteiger partial charge in [-0.05, 0) is 37.5 Å². The van der Waals surface area contributed by atoms with Crippen LogP contribution in [-0.2, 0) is 65.4 Å². The van der Waals surface area contributed by atoms with Crippen molar-refractivity contribution in [3.8, 4) is 0 Å². The van der Waals surface area contributed by atoms with Gasteiger partial charge in [0.25, 0.3) is 0 Å². The van der Waals surface area contributed by atoms with Crippen LogP contribution >= 0.6 is 15.6 Å². The molecule has 0 aromatic rings. The van der Waals surface area contributed by atoms with Crippen molar-refractivity contribution in [2.45, 2.75) is 362 Å². The van der Waals surface area contributed by atoms with Gasteiger partial charge in [0.15, 0.2) is 12.2 Å². The number of phosphoric ester groups is 2. The van der Waals surface area contributed by atoms with Crippen LogP contribution < -0.4 is 0 Å². The van der Waals surface area contributed by atoms with Crippen LogP contribution in [0.4, 0.5) is 0 Å². The third-order valence-electron chi connectivity index (χ3n) is 15.7. The van der Waals surface area contributed by atoms with Crippen LogP contribution in [0.2, 0.25) is 0 Å². The Labute approximate surface area is 530 Å². The molecule has 0 saturated heterocycles. The van der Waals surface area contributed by atoms with Gasteiger partial charge in [-0.3, -0.25) is 37.3 Å². The lowest BCUT2D eigenvalue weighted by Gasteiger charge is -2.21. The molecule has 5 atom stereocenters. The fourth-order valence-electron chi connectivity index (χ4n) is 10.2. The van der Waals surface area contributed by atoms with E-state index in [1.165, 1.54) is 154 Å². The zero-order valence-electron chi connectivity index (χ0n) is 56.3. The number of carbonyl (C=O) groups excluding carboxylic acids is 4. The number of unbranched alkanes of at least 4 members (excludes halogenated alkanes) is 37. The number of ether oxygens (including phenoxy) is 4. The Morgan fingerprint density at radius 3 is 0.782 bits per heavy atom. The Balaban J connectivity index is 5.25. The van der Waals surface area contributed by atoms with Crippen LogP contribution in [0.3, 0.4) is 0 Å². The molecule has 87 heavy (non-hydrogen) atoms. The summed E-state index contributed by atoms with van der Waals surface area (Å²) < 4.78 is 68.2. The fourth-order valence-corrected chi connectivity index (χ4v) is 11.8. The summed E-state index contributed by atoms with van der Waals surface area (Å²) in [5, 5.41) is 10.6. The number of carbonyl (C=O) groups is 4. The summed E-state index contributed by atoms with van der Waals surface area (Å²) in [6.45, 7) is 9.47. The summed E-state index contributed by atoms with van der Waals surface area (Å²) in [5.41, 5.74) is 0. The van der Waals surface area contributed by atoms with Crippen LogP contribution in [0, 0.1) is 11.8 Å². The number of hydrogen-bond acceptors (Lipinski definition) is 15. The van der Waals surface area contributed by atoms with Gasteiger partial charge in [0.1, 0.15) is 19.3 Å². The highest BCUT2D eigenvalue weighted by Gasteiger charge is 2.30. The van der Waals surface area contributed by atoms with Gasteiger partial charge in [-0.15, -0.1) is 0 Å². The second-order valence-corrected chi connectivity index (χ2v) is 28.4. The molecule has 0 amide bonds. The monoisotopic (exact) mass is 1280 g/mol. The van der Waals surface area contributed by atoms with Crippen molar-refractivity contribution >= 4 is 39.5 Å². The summed E-state index contributed by atoms with van der Waals surface area (Å²) in [6.07, 6.45) is 44.4. The van der Waals surface area contributed by atoms with E-state index in [4.69, 9.17) is 37.0 Å². The molecule has 0 spiro atoms. The molecule has 0 aromatic heterocycles. The fraction of sp³-hybridized carbons (Fsp3) is 0.941. The number of aliphatic hydroxyl groups is 1. The summed E-state index contributed by atoms with van der Waals surface area (Å²) >= 11 is 0. The lowest BCUT2D eigenvalue weighted by atomic mass is 10.0. The Morgan fingerprint density at radius 1 is 0.310 bits per heavy atom. The molecule has 0 radical (unpaired) electrons. The van der Waals surface area contributed by atoms with Crippen molar-refractivity contribution < 1.29 is 80.2 Å².